The molecule has 1 atom stereocenters. The summed E-state index contributed by atoms with van der Waals surface area (Å²) in [4.78, 5) is 16.5. The van der Waals surface area contributed by atoms with E-state index in [0.29, 0.717) is 13.0 Å². The molecular weight excluding hydrogens is 324 g/mol. The monoisotopic (exact) mass is 346 g/mol. The number of ether oxygens (including phenoxy) is 1. The van der Waals surface area contributed by atoms with E-state index in [2.05, 4.69) is 22.4 Å². The van der Waals surface area contributed by atoms with Crippen LogP contribution in [0.25, 0.3) is 0 Å². The van der Waals surface area contributed by atoms with E-state index >= 15 is 0 Å². The Kier molecular flexibility index (Phi) is 5.99. The number of hydrogen-bond acceptors (Lipinski definition) is 3. The lowest BCUT2D eigenvalue weighted by molar-refractivity contribution is -0.121. The Morgan fingerprint density at radius 2 is 1.62 bits per heavy atom. The Morgan fingerprint density at radius 3 is 2.27 bits per heavy atom. The second kappa shape index (κ2) is 8.81. The number of rotatable bonds is 7. The van der Waals surface area contributed by atoms with Crippen molar-refractivity contribution in [3.8, 4) is 5.75 Å². The molecule has 26 heavy (non-hydrogen) atoms. The lowest BCUT2D eigenvalue weighted by Crippen LogP contribution is -2.25. The SMILES string of the molecule is COc1ccc([C@H](CC(=O)NCc2ccncc2)c2ccccc2)cc1. The molecule has 3 rings (SSSR count). The molecule has 1 heterocycles. The van der Waals surface area contributed by atoms with Crippen molar-refractivity contribution in [2.75, 3.05) is 7.11 Å². The van der Waals surface area contributed by atoms with Crippen LogP contribution in [0.15, 0.2) is 79.1 Å². The summed E-state index contributed by atoms with van der Waals surface area (Å²) in [5.74, 6) is 0.828. The minimum atomic E-state index is -0.000420. The van der Waals surface area contributed by atoms with Crippen LogP contribution in [0.3, 0.4) is 0 Å². The van der Waals surface area contributed by atoms with Crippen LogP contribution in [-0.4, -0.2) is 18.0 Å². The maximum absolute atomic E-state index is 12.5. The average molecular weight is 346 g/mol. The van der Waals surface area contributed by atoms with Crippen molar-refractivity contribution in [1.82, 2.24) is 10.3 Å². The van der Waals surface area contributed by atoms with Gasteiger partial charge < -0.3 is 10.1 Å². The zero-order chi connectivity index (χ0) is 18.2. The van der Waals surface area contributed by atoms with Gasteiger partial charge in [-0.05, 0) is 41.0 Å². The highest BCUT2D eigenvalue weighted by molar-refractivity contribution is 5.77. The van der Waals surface area contributed by atoms with Gasteiger partial charge in [-0.1, -0.05) is 42.5 Å². The minimum Gasteiger partial charge on any atom is -0.497 e. The largest absolute Gasteiger partial charge is 0.497 e. The summed E-state index contributed by atoms with van der Waals surface area (Å²) in [7, 11) is 1.65. The predicted octanol–water partition coefficient (Wildman–Crippen LogP) is 3.93. The molecule has 0 saturated heterocycles. The molecule has 0 aliphatic heterocycles. The van der Waals surface area contributed by atoms with Crippen LogP contribution in [0.4, 0.5) is 0 Å². The molecule has 0 fully saturated rings. The van der Waals surface area contributed by atoms with Crippen LogP contribution in [-0.2, 0) is 11.3 Å². The van der Waals surface area contributed by atoms with Gasteiger partial charge in [0.05, 0.1) is 7.11 Å². The van der Waals surface area contributed by atoms with Gasteiger partial charge in [-0.3, -0.25) is 9.78 Å². The van der Waals surface area contributed by atoms with Crippen LogP contribution >= 0.6 is 0 Å². The molecule has 0 aliphatic carbocycles. The van der Waals surface area contributed by atoms with E-state index in [4.69, 9.17) is 4.74 Å². The molecule has 0 radical (unpaired) electrons. The lowest BCUT2D eigenvalue weighted by Gasteiger charge is -2.18. The molecule has 1 aromatic heterocycles. The molecule has 3 aromatic rings. The van der Waals surface area contributed by atoms with Crippen molar-refractivity contribution in [2.45, 2.75) is 18.9 Å². The van der Waals surface area contributed by atoms with Crippen molar-refractivity contribution in [2.24, 2.45) is 0 Å². The third-order valence-corrected chi connectivity index (χ3v) is 4.35. The first-order valence-electron chi connectivity index (χ1n) is 8.61. The molecule has 0 saturated carbocycles. The molecule has 1 amide bonds. The van der Waals surface area contributed by atoms with Gasteiger partial charge in [0.15, 0.2) is 0 Å². The topological polar surface area (TPSA) is 51.2 Å². The zero-order valence-corrected chi connectivity index (χ0v) is 14.8. The lowest BCUT2D eigenvalue weighted by atomic mass is 9.88. The fourth-order valence-corrected chi connectivity index (χ4v) is 2.91. The van der Waals surface area contributed by atoms with Gasteiger partial charge in [0.1, 0.15) is 5.75 Å². The molecule has 4 nitrogen and oxygen atoms in total. The van der Waals surface area contributed by atoms with Gasteiger partial charge in [0.2, 0.25) is 5.91 Å². The smallest absolute Gasteiger partial charge is 0.221 e. The number of amides is 1. The number of methoxy groups -OCH3 is 1. The van der Waals surface area contributed by atoms with Crippen LogP contribution < -0.4 is 10.1 Å². The van der Waals surface area contributed by atoms with E-state index in [9.17, 15) is 4.79 Å². The summed E-state index contributed by atoms with van der Waals surface area (Å²) in [5, 5.41) is 3.00. The number of pyridine rings is 1. The first kappa shape index (κ1) is 17.7. The van der Waals surface area contributed by atoms with Crippen molar-refractivity contribution in [3.05, 3.63) is 95.8 Å². The summed E-state index contributed by atoms with van der Waals surface area (Å²) >= 11 is 0. The van der Waals surface area contributed by atoms with Crippen LogP contribution in [0.1, 0.15) is 29.0 Å². The highest BCUT2D eigenvalue weighted by atomic mass is 16.5. The highest BCUT2D eigenvalue weighted by Crippen LogP contribution is 2.29. The van der Waals surface area contributed by atoms with Crippen molar-refractivity contribution in [3.63, 3.8) is 0 Å². The van der Waals surface area contributed by atoms with Crippen molar-refractivity contribution >= 4 is 5.91 Å². The van der Waals surface area contributed by atoms with Gasteiger partial charge in [-0.25, -0.2) is 0 Å². The third kappa shape index (κ3) is 4.70. The van der Waals surface area contributed by atoms with E-state index in [0.717, 1.165) is 22.4 Å². The number of aromatic nitrogens is 1. The van der Waals surface area contributed by atoms with E-state index < -0.39 is 0 Å². The normalized spacial score (nSPS) is 11.6. The van der Waals surface area contributed by atoms with E-state index in [1.54, 1.807) is 19.5 Å². The molecule has 4 heteroatoms. The summed E-state index contributed by atoms with van der Waals surface area (Å²) in [5.41, 5.74) is 3.25. The Balaban J connectivity index is 1.74. The molecule has 0 unspecified atom stereocenters. The molecular formula is C22H22N2O2. The minimum absolute atomic E-state index is 0.000420. The van der Waals surface area contributed by atoms with Gasteiger partial charge in [-0.15, -0.1) is 0 Å². The van der Waals surface area contributed by atoms with Crippen molar-refractivity contribution in [1.29, 1.82) is 0 Å². The number of carbonyl (C=O) groups is 1. The number of hydrogen-bond donors (Lipinski definition) is 1. The fraction of sp³-hybridized carbons (Fsp3) is 0.182. The summed E-state index contributed by atoms with van der Waals surface area (Å²) in [6.45, 7) is 0.505. The first-order valence-corrected chi connectivity index (χ1v) is 8.61. The van der Waals surface area contributed by atoms with Gasteiger partial charge >= 0.3 is 0 Å². The molecule has 1 N–H and O–H groups in total. The number of nitrogens with zero attached hydrogens (tertiary/aromatic N) is 1. The number of nitrogens with one attached hydrogen (secondary N) is 1. The number of carbonyl (C=O) groups excluding carboxylic acids is 1. The molecule has 0 aliphatic rings. The molecule has 0 bridgehead atoms. The Morgan fingerprint density at radius 1 is 0.962 bits per heavy atom. The molecule has 2 aromatic carbocycles. The Labute approximate surface area is 153 Å². The van der Waals surface area contributed by atoms with E-state index in [1.165, 1.54) is 0 Å². The zero-order valence-electron chi connectivity index (χ0n) is 14.8. The summed E-state index contributed by atoms with van der Waals surface area (Å²) in [6.07, 6.45) is 3.85. The molecule has 0 spiro atoms. The molecule has 132 valence electrons. The summed E-state index contributed by atoms with van der Waals surface area (Å²) in [6, 6.07) is 21.8. The van der Waals surface area contributed by atoms with E-state index in [-0.39, 0.29) is 11.8 Å². The van der Waals surface area contributed by atoms with Crippen LogP contribution in [0.2, 0.25) is 0 Å². The second-order valence-electron chi connectivity index (χ2n) is 6.07. The standard InChI is InChI=1S/C22H22N2O2/c1-26-20-9-7-19(8-10-20)21(18-5-3-2-4-6-18)15-22(25)24-16-17-11-13-23-14-12-17/h2-14,21H,15-16H2,1H3,(H,24,25)/t21-/m1/s1. The van der Waals surface area contributed by atoms with Crippen LogP contribution in [0, 0.1) is 0 Å². The summed E-state index contributed by atoms with van der Waals surface area (Å²) < 4.78 is 5.24. The quantitative estimate of drug-likeness (QED) is 0.705. The second-order valence-corrected chi connectivity index (χ2v) is 6.07. The van der Waals surface area contributed by atoms with Gasteiger partial charge in [-0.2, -0.15) is 0 Å². The maximum Gasteiger partial charge on any atom is 0.221 e. The highest BCUT2D eigenvalue weighted by Gasteiger charge is 2.18. The van der Waals surface area contributed by atoms with E-state index in [1.807, 2.05) is 54.6 Å². The van der Waals surface area contributed by atoms with Gasteiger partial charge in [0, 0.05) is 31.3 Å². The van der Waals surface area contributed by atoms with Crippen LogP contribution in [0.5, 0.6) is 5.75 Å². The fourth-order valence-electron chi connectivity index (χ4n) is 2.91. The average Bonchev–Trinajstić information content (AvgIpc) is 2.72. The maximum atomic E-state index is 12.5. The van der Waals surface area contributed by atoms with Gasteiger partial charge in [0.25, 0.3) is 0 Å². The Bertz CT molecular complexity index is 818. The Hall–Kier alpha value is -3.14. The predicted molar refractivity (Wildman–Crippen MR) is 102 cm³/mol. The first-order chi connectivity index (χ1) is 12.8. The third-order valence-electron chi connectivity index (χ3n) is 4.35. The van der Waals surface area contributed by atoms with Crippen molar-refractivity contribution < 1.29 is 9.53 Å². The number of benzene rings is 2.